The van der Waals surface area contributed by atoms with E-state index in [4.69, 9.17) is 0 Å². The van der Waals surface area contributed by atoms with Gasteiger partial charge in [-0.15, -0.1) is 0 Å². The molecule has 86 valence electrons. The maximum atomic E-state index is 3.53. The lowest BCUT2D eigenvalue weighted by Gasteiger charge is -2.17. The fourth-order valence-corrected chi connectivity index (χ4v) is 2.87. The molecule has 2 aromatic carbocycles. The zero-order chi connectivity index (χ0) is 11.8. The van der Waals surface area contributed by atoms with Crippen molar-refractivity contribution in [3.05, 3.63) is 62.5 Å². The van der Waals surface area contributed by atoms with Crippen molar-refractivity contribution in [2.45, 2.75) is 13.1 Å². The molecule has 0 spiro atoms. The van der Waals surface area contributed by atoms with Crippen LogP contribution in [0.25, 0.3) is 0 Å². The van der Waals surface area contributed by atoms with Gasteiger partial charge in [0, 0.05) is 27.7 Å². The van der Waals surface area contributed by atoms with E-state index in [2.05, 4.69) is 79.2 Å². The highest BCUT2D eigenvalue weighted by Gasteiger charge is 2.18. The van der Waals surface area contributed by atoms with Gasteiger partial charge in [0.1, 0.15) is 0 Å². The third-order valence-corrected chi connectivity index (χ3v) is 4.10. The molecule has 0 atom stereocenters. The van der Waals surface area contributed by atoms with Crippen LogP contribution in [0.4, 0.5) is 5.69 Å². The van der Waals surface area contributed by atoms with Gasteiger partial charge in [-0.3, -0.25) is 0 Å². The van der Waals surface area contributed by atoms with Gasteiger partial charge in [0.25, 0.3) is 0 Å². The third-order valence-electron chi connectivity index (χ3n) is 3.08. The molecule has 0 unspecified atom stereocenters. The van der Waals surface area contributed by atoms with Gasteiger partial charge in [0.2, 0.25) is 0 Å². The largest absolute Gasteiger partial charge is 0.363 e. The zero-order valence-electron chi connectivity index (χ0n) is 9.16. The molecule has 0 fully saturated rings. The standard InChI is InChI=1S/C14H11Br2N/c15-12-3-5-14(6-4-12)17-8-10-1-2-13(16)7-11(10)9-17/h1-7H,8-9H2. The molecular weight excluding hydrogens is 342 g/mol. The van der Waals surface area contributed by atoms with Crippen molar-refractivity contribution in [2.24, 2.45) is 0 Å². The van der Waals surface area contributed by atoms with Crippen LogP contribution >= 0.6 is 31.9 Å². The highest BCUT2D eigenvalue weighted by Crippen LogP contribution is 2.30. The maximum absolute atomic E-state index is 3.53. The molecule has 0 N–H and O–H groups in total. The van der Waals surface area contributed by atoms with E-state index in [1.165, 1.54) is 16.8 Å². The summed E-state index contributed by atoms with van der Waals surface area (Å²) in [6.07, 6.45) is 0. The van der Waals surface area contributed by atoms with E-state index in [-0.39, 0.29) is 0 Å². The van der Waals surface area contributed by atoms with Crippen molar-refractivity contribution in [1.82, 2.24) is 0 Å². The minimum absolute atomic E-state index is 0.996. The zero-order valence-corrected chi connectivity index (χ0v) is 12.3. The molecule has 2 aromatic rings. The average molecular weight is 353 g/mol. The molecule has 1 nitrogen and oxygen atoms in total. The van der Waals surface area contributed by atoms with Gasteiger partial charge in [-0.1, -0.05) is 37.9 Å². The van der Waals surface area contributed by atoms with Crippen LogP contribution in [0.3, 0.4) is 0 Å². The van der Waals surface area contributed by atoms with Crippen LogP contribution in [0.2, 0.25) is 0 Å². The Balaban J connectivity index is 1.88. The smallest absolute Gasteiger partial charge is 0.0437 e. The van der Waals surface area contributed by atoms with Crippen molar-refractivity contribution < 1.29 is 0 Å². The lowest BCUT2D eigenvalue weighted by Crippen LogP contribution is -2.13. The first-order chi connectivity index (χ1) is 8.22. The third kappa shape index (κ3) is 2.26. The number of hydrogen-bond acceptors (Lipinski definition) is 1. The predicted molar refractivity (Wildman–Crippen MR) is 78.2 cm³/mol. The first kappa shape index (κ1) is 11.3. The Kier molecular flexibility index (Phi) is 2.97. The summed E-state index contributed by atoms with van der Waals surface area (Å²) < 4.78 is 2.29. The van der Waals surface area contributed by atoms with E-state index < -0.39 is 0 Å². The summed E-state index contributed by atoms with van der Waals surface area (Å²) in [5.41, 5.74) is 4.12. The van der Waals surface area contributed by atoms with Crippen LogP contribution in [-0.2, 0) is 13.1 Å². The summed E-state index contributed by atoms with van der Waals surface area (Å²) in [5, 5.41) is 0. The van der Waals surface area contributed by atoms with E-state index >= 15 is 0 Å². The molecule has 0 aromatic heterocycles. The second-order valence-corrected chi connectivity index (χ2v) is 6.08. The Morgan fingerprint density at radius 2 is 1.41 bits per heavy atom. The SMILES string of the molecule is Brc1ccc(N2Cc3ccc(Br)cc3C2)cc1. The Morgan fingerprint density at radius 3 is 2.18 bits per heavy atom. The quantitative estimate of drug-likeness (QED) is 0.717. The first-order valence-corrected chi connectivity index (χ1v) is 7.09. The van der Waals surface area contributed by atoms with Crippen LogP contribution < -0.4 is 4.90 Å². The first-order valence-electron chi connectivity index (χ1n) is 5.50. The fourth-order valence-electron chi connectivity index (χ4n) is 2.20. The number of halogens is 2. The maximum Gasteiger partial charge on any atom is 0.0437 e. The molecule has 0 bridgehead atoms. The van der Waals surface area contributed by atoms with E-state index in [1.54, 1.807) is 0 Å². The Hall–Kier alpha value is -0.800. The van der Waals surface area contributed by atoms with Gasteiger partial charge in [0.15, 0.2) is 0 Å². The number of hydrogen-bond donors (Lipinski definition) is 0. The highest BCUT2D eigenvalue weighted by atomic mass is 79.9. The van der Waals surface area contributed by atoms with Crippen molar-refractivity contribution in [2.75, 3.05) is 4.90 Å². The molecule has 0 amide bonds. The second-order valence-electron chi connectivity index (χ2n) is 4.25. The van der Waals surface area contributed by atoms with Gasteiger partial charge in [-0.05, 0) is 47.5 Å². The van der Waals surface area contributed by atoms with E-state index in [1.807, 2.05) is 0 Å². The normalized spacial score (nSPS) is 13.9. The molecule has 1 heterocycles. The molecule has 1 aliphatic heterocycles. The van der Waals surface area contributed by atoms with E-state index in [0.717, 1.165) is 22.0 Å². The number of nitrogens with zero attached hydrogens (tertiary/aromatic N) is 1. The number of fused-ring (bicyclic) bond motifs is 1. The molecule has 0 radical (unpaired) electrons. The summed E-state index contributed by atoms with van der Waals surface area (Å²) in [4.78, 5) is 2.39. The van der Waals surface area contributed by atoms with Crippen LogP contribution in [-0.4, -0.2) is 0 Å². The molecule has 1 aliphatic rings. The van der Waals surface area contributed by atoms with Crippen LogP contribution in [0.15, 0.2) is 51.4 Å². The van der Waals surface area contributed by atoms with Gasteiger partial charge < -0.3 is 4.90 Å². The van der Waals surface area contributed by atoms with Crippen molar-refractivity contribution >= 4 is 37.5 Å². The molecule has 0 aliphatic carbocycles. The minimum Gasteiger partial charge on any atom is -0.363 e. The topological polar surface area (TPSA) is 3.24 Å². The summed E-state index contributed by atoms with van der Waals surface area (Å²) in [6.45, 7) is 2.00. The monoisotopic (exact) mass is 351 g/mol. The lowest BCUT2D eigenvalue weighted by molar-refractivity contribution is 0.880. The second kappa shape index (κ2) is 4.46. The fraction of sp³-hybridized carbons (Fsp3) is 0.143. The highest BCUT2D eigenvalue weighted by molar-refractivity contribution is 9.10. The summed E-state index contributed by atoms with van der Waals surface area (Å²) in [5.74, 6) is 0. The lowest BCUT2D eigenvalue weighted by atomic mass is 10.1. The number of anilines is 1. The average Bonchev–Trinajstić information content (AvgIpc) is 2.72. The van der Waals surface area contributed by atoms with Gasteiger partial charge in [-0.25, -0.2) is 0 Å². The molecule has 17 heavy (non-hydrogen) atoms. The molecule has 0 saturated carbocycles. The van der Waals surface area contributed by atoms with Crippen LogP contribution in [0.1, 0.15) is 11.1 Å². The van der Waals surface area contributed by atoms with Gasteiger partial charge in [-0.2, -0.15) is 0 Å². The van der Waals surface area contributed by atoms with E-state index in [0.29, 0.717) is 0 Å². The summed E-state index contributed by atoms with van der Waals surface area (Å²) >= 11 is 6.99. The Bertz CT molecular complexity index is 549. The summed E-state index contributed by atoms with van der Waals surface area (Å²) in [7, 11) is 0. The molecule has 0 saturated heterocycles. The molecule has 3 heteroatoms. The number of rotatable bonds is 1. The van der Waals surface area contributed by atoms with Crippen molar-refractivity contribution in [1.29, 1.82) is 0 Å². The van der Waals surface area contributed by atoms with Crippen LogP contribution in [0.5, 0.6) is 0 Å². The minimum atomic E-state index is 0.996. The van der Waals surface area contributed by atoms with Gasteiger partial charge in [0.05, 0.1) is 0 Å². The van der Waals surface area contributed by atoms with Crippen molar-refractivity contribution in [3.63, 3.8) is 0 Å². The van der Waals surface area contributed by atoms with E-state index in [9.17, 15) is 0 Å². The predicted octanol–water partition coefficient (Wildman–Crippen LogP) is 4.73. The Labute approximate surface area is 118 Å². The molecular formula is C14H11Br2N. The Morgan fingerprint density at radius 1 is 0.765 bits per heavy atom. The van der Waals surface area contributed by atoms with Gasteiger partial charge >= 0.3 is 0 Å². The number of benzene rings is 2. The van der Waals surface area contributed by atoms with Crippen molar-refractivity contribution in [3.8, 4) is 0 Å². The summed E-state index contributed by atoms with van der Waals surface area (Å²) in [6, 6.07) is 15.0. The molecule has 3 rings (SSSR count). The van der Waals surface area contributed by atoms with Crippen LogP contribution in [0, 0.1) is 0 Å².